The maximum atomic E-state index is 6.59. The van der Waals surface area contributed by atoms with Crippen molar-refractivity contribution in [1.29, 1.82) is 0 Å². The zero-order valence-corrected chi connectivity index (χ0v) is 15.6. The van der Waals surface area contributed by atoms with Gasteiger partial charge in [0.15, 0.2) is 0 Å². The number of aryl methyl sites for hydroxylation is 1. The molecule has 0 amide bonds. The van der Waals surface area contributed by atoms with Crippen molar-refractivity contribution in [3.05, 3.63) is 120 Å². The van der Waals surface area contributed by atoms with Crippen molar-refractivity contribution in [3.8, 4) is 0 Å². The van der Waals surface area contributed by atoms with E-state index < -0.39 is 0 Å². The van der Waals surface area contributed by atoms with Crippen molar-refractivity contribution >= 4 is 17.1 Å². The smallest absolute Gasteiger partial charge is 0.0765 e. The molecule has 0 aliphatic rings. The predicted octanol–water partition coefficient (Wildman–Crippen LogP) is 6.06. The van der Waals surface area contributed by atoms with Gasteiger partial charge in [0.05, 0.1) is 11.4 Å². The highest BCUT2D eigenvalue weighted by Gasteiger charge is 2.14. The van der Waals surface area contributed by atoms with Gasteiger partial charge in [-0.15, -0.1) is 6.58 Å². The Morgan fingerprint density at radius 1 is 0.852 bits per heavy atom. The molecule has 0 saturated carbocycles. The lowest BCUT2D eigenvalue weighted by atomic mass is 9.95. The highest BCUT2D eigenvalue weighted by Crippen LogP contribution is 2.25. The number of benzene rings is 3. The monoisotopic (exact) mass is 352 g/mol. The predicted molar refractivity (Wildman–Crippen MR) is 116 cm³/mol. The molecule has 0 radical (unpaired) electrons. The number of rotatable bonds is 6. The molecule has 0 atom stereocenters. The van der Waals surface area contributed by atoms with Gasteiger partial charge in [0.1, 0.15) is 0 Å². The van der Waals surface area contributed by atoms with E-state index in [1.54, 1.807) is 0 Å². The highest BCUT2D eigenvalue weighted by molar-refractivity contribution is 6.17. The van der Waals surface area contributed by atoms with Crippen LogP contribution in [-0.2, 0) is 0 Å². The standard InChI is InChI=1S/C25H24N2/c1-3-10-23(24(26)20-11-6-4-7-12-20)25(21-13-8-5-9-14-21)27-22-17-15-19(2)16-18-22/h3-9,11-18H,1,10,26H2,2H3/b24-23-,27-25?. The highest BCUT2D eigenvalue weighted by atomic mass is 14.8. The molecule has 0 bridgehead atoms. The second kappa shape index (κ2) is 8.81. The lowest BCUT2D eigenvalue weighted by Gasteiger charge is -2.15. The quantitative estimate of drug-likeness (QED) is 0.425. The molecule has 134 valence electrons. The van der Waals surface area contributed by atoms with Crippen LogP contribution in [0.4, 0.5) is 5.69 Å². The Bertz CT molecular complexity index is 950. The third-order valence-electron chi connectivity index (χ3n) is 4.37. The number of nitrogens with two attached hydrogens (primary N) is 1. The maximum Gasteiger partial charge on any atom is 0.0765 e. The molecule has 0 spiro atoms. The van der Waals surface area contributed by atoms with Crippen LogP contribution in [0.2, 0.25) is 0 Å². The van der Waals surface area contributed by atoms with Gasteiger partial charge in [0.25, 0.3) is 0 Å². The van der Waals surface area contributed by atoms with Crippen LogP contribution in [0.25, 0.3) is 5.70 Å². The molecular formula is C25H24N2. The van der Waals surface area contributed by atoms with E-state index >= 15 is 0 Å². The molecule has 2 nitrogen and oxygen atoms in total. The fraction of sp³-hybridized carbons (Fsp3) is 0.0800. The van der Waals surface area contributed by atoms with Crippen molar-refractivity contribution in [2.24, 2.45) is 10.7 Å². The molecule has 0 aromatic heterocycles. The van der Waals surface area contributed by atoms with Crippen LogP contribution >= 0.6 is 0 Å². The molecule has 0 saturated heterocycles. The summed E-state index contributed by atoms with van der Waals surface area (Å²) in [7, 11) is 0. The molecule has 3 aromatic rings. The maximum absolute atomic E-state index is 6.59. The van der Waals surface area contributed by atoms with Crippen molar-refractivity contribution in [2.75, 3.05) is 0 Å². The van der Waals surface area contributed by atoms with E-state index in [9.17, 15) is 0 Å². The molecule has 2 heteroatoms. The minimum atomic E-state index is 0.639. The van der Waals surface area contributed by atoms with Crippen LogP contribution in [0.3, 0.4) is 0 Å². The zero-order valence-electron chi connectivity index (χ0n) is 15.6. The van der Waals surface area contributed by atoms with Gasteiger partial charge in [-0.2, -0.15) is 0 Å². The Morgan fingerprint density at radius 2 is 1.41 bits per heavy atom. The SMILES string of the molecule is C=CC/C(C(=Nc1ccc(C)cc1)c1ccccc1)=C(/N)c1ccccc1. The molecule has 27 heavy (non-hydrogen) atoms. The van der Waals surface area contributed by atoms with Crippen LogP contribution in [0, 0.1) is 6.92 Å². The Balaban J connectivity index is 2.20. The van der Waals surface area contributed by atoms with Gasteiger partial charge >= 0.3 is 0 Å². The summed E-state index contributed by atoms with van der Waals surface area (Å²) in [6.45, 7) is 6.00. The summed E-state index contributed by atoms with van der Waals surface area (Å²) in [5.74, 6) is 0. The Labute approximate surface area is 161 Å². The van der Waals surface area contributed by atoms with E-state index in [2.05, 4.69) is 37.8 Å². The molecule has 2 N–H and O–H groups in total. The van der Waals surface area contributed by atoms with Gasteiger partial charge in [-0.05, 0) is 31.0 Å². The van der Waals surface area contributed by atoms with Gasteiger partial charge in [-0.25, -0.2) is 4.99 Å². The fourth-order valence-corrected chi connectivity index (χ4v) is 2.92. The van der Waals surface area contributed by atoms with E-state index in [4.69, 9.17) is 10.7 Å². The first-order valence-electron chi connectivity index (χ1n) is 9.05. The second-order valence-corrected chi connectivity index (χ2v) is 6.41. The van der Waals surface area contributed by atoms with E-state index in [1.807, 2.05) is 66.7 Å². The number of allylic oxidation sites excluding steroid dienone is 2. The molecule has 0 heterocycles. The Morgan fingerprint density at radius 3 is 1.96 bits per heavy atom. The summed E-state index contributed by atoms with van der Waals surface area (Å²) in [4.78, 5) is 4.97. The normalized spacial score (nSPS) is 12.4. The molecule has 0 fully saturated rings. The third-order valence-corrected chi connectivity index (χ3v) is 4.37. The summed E-state index contributed by atoms with van der Waals surface area (Å²) in [5, 5.41) is 0. The Hall–Kier alpha value is -3.39. The van der Waals surface area contributed by atoms with Crippen molar-refractivity contribution in [2.45, 2.75) is 13.3 Å². The van der Waals surface area contributed by atoms with Gasteiger partial charge in [0.2, 0.25) is 0 Å². The van der Waals surface area contributed by atoms with Crippen molar-refractivity contribution < 1.29 is 0 Å². The summed E-state index contributed by atoms with van der Waals surface area (Å²) in [6.07, 6.45) is 2.51. The zero-order chi connectivity index (χ0) is 19.1. The van der Waals surface area contributed by atoms with E-state index in [1.165, 1.54) is 5.56 Å². The van der Waals surface area contributed by atoms with Gasteiger partial charge in [-0.1, -0.05) is 84.4 Å². The largest absolute Gasteiger partial charge is 0.398 e. The summed E-state index contributed by atoms with van der Waals surface area (Å²) in [5.41, 5.74) is 13.3. The van der Waals surface area contributed by atoms with E-state index in [0.29, 0.717) is 6.42 Å². The minimum Gasteiger partial charge on any atom is -0.398 e. The summed E-state index contributed by atoms with van der Waals surface area (Å²) < 4.78 is 0. The second-order valence-electron chi connectivity index (χ2n) is 6.41. The lowest BCUT2D eigenvalue weighted by molar-refractivity contribution is 1.28. The summed E-state index contributed by atoms with van der Waals surface area (Å²) >= 11 is 0. The van der Waals surface area contributed by atoms with Crippen LogP contribution in [0.5, 0.6) is 0 Å². The Kier molecular flexibility index (Phi) is 6.01. The fourth-order valence-electron chi connectivity index (χ4n) is 2.92. The van der Waals surface area contributed by atoms with Crippen LogP contribution in [-0.4, -0.2) is 5.71 Å². The topological polar surface area (TPSA) is 38.4 Å². The van der Waals surface area contributed by atoms with Crippen LogP contribution in [0.15, 0.2) is 108 Å². The molecule has 0 aliphatic heterocycles. The lowest BCUT2D eigenvalue weighted by Crippen LogP contribution is -2.12. The summed E-state index contributed by atoms with van der Waals surface area (Å²) in [6, 6.07) is 28.4. The van der Waals surface area contributed by atoms with Crippen molar-refractivity contribution in [1.82, 2.24) is 0 Å². The van der Waals surface area contributed by atoms with Crippen molar-refractivity contribution in [3.63, 3.8) is 0 Å². The number of hydrogen-bond acceptors (Lipinski definition) is 2. The van der Waals surface area contributed by atoms with E-state index in [0.717, 1.165) is 33.8 Å². The number of aliphatic imine (C=N–C) groups is 1. The molecule has 3 aromatic carbocycles. The average molecular weight is 352 g/mol. The molecular weight excluding hydrogens is 328 g/mol. The third kappa shape index (κ3) is 4.62. The van der Waals surface area contributed by atoms with Crippen LogP contribution < -0.4 is 5.73 Å². The van der Waals surface area contributed by atoms with Gasteiger partial charge in [0, 0.05) is 16.8 Å². The van der Waals surface area contributed by atoms with Crippen LogP contribution in [0.1, 0.15) is 23.1 Å². The van der Waals surface area contributed by atoms with Gasteiger partial charge in [-0.3, -0.25) is 0 Å². The molecule has 3 rings (SSSR count). The van der Waals surface area contributed by atoms with Gasteiger partial charge < -0.3 is 5.73 Å². The first kappa shape index (κ1) is 18.4. The molecule has 0 unspecified atom stereocenters. The molecule has 0 aliphatic carbocycles. The minimum absolute atomic E-state index is 0.639. The number of nitrogens with zero attached hydrogens (tertiary/aromatic N) is 1. The average Bonchev–Trinajstić information content (AvgIpc) is 2.73. The van der Waals surface area contributed by atoms with E-state index in [-0.39, 0.29) is 0 Å². The number of hydrogen-bond donors (Lipinski definition) is 1. The first-order valence-corrected chi connectivity index (χ1v) is 9.05. The first-order chi connectivity index (χ1) is 13.2.